The molecule has 6 aliphatic heterocycles. The topological polar surface area (TPSA) is 204 Å². The lowest BCUT2D eigenvalue weighted by atomic mass is 10.00. The molecule has 4 amide bonds. The van der Waals surface area contributed by atoms with E-state index in [0.717, 1.165) is 44.4 Å². The van der Waals surface area contributed by atoms with E-state index in [-0.39, 0.29) is 49.8 Å². The molecule has 2 atom stereocenters. The summed E-state index contributed by atoms with van der Waals surface area (Å²) in [5.74, 6) is -1.04. The van der Waals surface area contributed by atoms with Gasteiger partial charge in [-0.05, 0) is 72.8 Å². The van der Waals surface area contributed by atoms with E-state index in [4.69, 9.17) is 9.97 Å². The Kier molecular flexibility index (Phi) is 12.5. The van der Waals surface area contributed by atoms with E-state index in [1.807, 2.05) is 151 Å². The number of rotatable bonds is 0. The molecule has 0 saturated heterocycles. The summed E-state index contributed by atoms with van der Waals surface area (Å²) in [6.07, 6.45) is 7.88. The van der Waals surface area contributed by atoms with Gasteiger partial charge in [0.05, 0.1) is 49.0 Å². The number of hydrogen-bond acceptors (Lipinski definition) is 10. The first-order valence-corrected chi connectivity index (χ1v) is 24.9. The molecule has 0 radical (unpaired) electrons. The Labute approximate surface area is 426 Å². The van der Waals surface area contributed by atoms with Crippen molar-refractivity contribution in [3.8, 4) is 44.5 Å². The van der Waals surface area contributed by atoms with E-state index in [9.17, 15) is 19.2 Å². The molecule has 6 aliphatic rings. The lowest BCUT2D eigenvalue weighted by Gasteiger charge is -2.28. The molecule has 4 aromatic carbocycles. The molecule has 74 heavy (non-hydrogen) atoms. The average Bonchev–Trinajstić information content (AvgIpc) is 4.26. The third-order valence-corrected chi connectivity index (χ3v) is 13.9. The Balaban J connectivity index is 1.26. The van der Waals surface area contributed by atoms with Gasteiger partial charge in [0.25, 0.3) is 0 Å². The quantitative estimate of drug-likeness (QED) is 0.0738. The largest absolute Gasteiger partial charge is 0.354 e. The zero-order chi connectivity index (χ0) is 50.1. The lowest BCUT2D eigenvalue weighted by molar-refractivity contribution is -0.120. The first kappa shape index (κ1) is 46.3. The van der Waals surface area contributed by atoms with Gasteiger partial charge in [0, 0.05) is 129 Å². The second kappa shape index (κ2) is 20.0. The highest BCUT2D eigenvalue weighted by Crippen LogP contribution is 2.43. The number of aromatic nitrogens is 4. The van der Waals surface area contributed by atoms with Crippen molar-refractivity contribution in [3.63, 3.8) is 0 Å². The molecule has 3 aromatic heterocycles. The van der Waals surface area contributed by atoms with Crippen molar-refractivity contribution in [2.45, 2.75) is 0 Å². The lowest BCUT2D eigenvalue weighted by Crippen LogP contribution is -2.46. The van der Waals surface area contributed by atoms with Crippen LogP contribution in [0.2, 0.25) is 0 Å². The fourth-order valence-corrected chi connectivity index (χ4v) is 10.5. The van der Waals surface area contributed by atoms with Gasteiger partial charge in [0.1, 0.15) is 0 Å². The SMILES string of the molecule is O=C1CN2CCN3CCNCC(=O)Nc4ccccc4-c4c5nc(c(c6nc(c(c7ccc([nH]7)c(c7ccc4[nH]7)-c4ccccc4NC(=O)CNCC3)-c3ccccc3NC(=O)C2)C=C6)-c2ccccc2N1)C=C5. The highest BCUT2D eigenvalue weighted by Gasteiger charge is 2.26. The second-order valence-electron chi connectivity index (χ2n) is 18.8. The number of benzene rings is 4. The molecule has 0 fully saturated rings. The van der Waals surface area contributed by atoms with E-state index in [0.29, 0.717) is 107 Å². The number of nitrogens with zero attached hydrogens (tertiary/aromatic N) is 4. The minimum atomic E-state index is -0.306. The van der Waals surface area contributed by atoms with Crippen molar-refractivity contribution >= 4 is 92.7 Å². The average molecular weight is 981 g/mol. The number of nitrogens with one attached hydrogen (secondary N) is 8. The summed E-state index contributed by atoms with van der Waals surface area (Å²) >= 11 is 0. The Morgan fingerprint density at radius 3 is 1.12 bits per heavy atom. The van der Waals surface area contributed by atoms with Crippen LogP contribution < -0.4 is 31.9 Å². The summed E-state index contributed by atoms with van der Waals surface area (Å²) in [6.45, 7) is 2.68. The number of fused-ring (bicyclic) bond motifs is 15. The number of amides is 4. The summed E-state index contributed by atoms with van der Waals surface area (Å²) in [5, 5.41) is 19.6. The number of carbonyl (C=O) groups excluding carboxylic acids is 4. The molecule has 7 aromatic rings. The third kappa shape index (κ3) is 9.29. The first-order chi connectivity index (χ1) is 36.3. The van der Waals surface area contributed by atoms with Crippen LogP contribution in [-0.4, -0.2) is 119 Å². The molecule has 0 spiro atoms. The predicted molar refractivity (Wildman–Crippen MR) is 294 cm³/mol. The molecule has 0 aliphatic carbocycles. The van der Waals surface area contributed by atoms with Crippen LogP contribution in [0.5, 0.6) is 0 Å². The van der Waals surface area contributed by atoms with Crippen LogP contribution in [0.3, 0.4) is 0 Å². The van der Waals surface area contributed by atoms with Crippen molar-refractivity contribution < 1.29 is 19.2 Å². The Morgan fingerprint density at radius 2 is 0.689 bits per heavy atom. The summed E-state index contributed by atoms with van der Waals surface area (Å²) in [6, 6.07) is 38.9. The van der Waals surface area contributed by atoms with E-state index in [2.05, 4.69) is 46.8 Å². The van der Waals surface area contributed by atoms with Crippen molar-refractivity contribution in [1.82, 2.24) is 40.4 Å². The molecular weight excluding hydrogens is 929 g/mol. The van der Waals surface area contributed by atoms with Crippen LogP contribution in [0.1, 0.15) is 22.8 Å². The van der Waals surface area contributed by atoms with Crippen molar-refractivity contribution in [2.24, 2.45) is 0 Å². The zero-order valence-corrected chi connectivity index (χ0v) is 40.3. The molecule has 16 nitrogen and oxygen atoms in total. The van der Waals surface area contributed by atoms with Gasteiger partial charge in [-0.3, -0.25) is 29.0 Å². The predicted octanol–water partition coefficient (Wildman–Crippen LogP) is 7.90. The van der Waals surface area contributed by atoms with Gasteiger partial charge >= 0.3 is 0 Å². The molecule has 16 heteroatoms. The molecule has 8 N–H and O–H groups in total. The van der Waals surface area contributed by atoms with Crippen molar-refractivity contribution in [3.05, 3.63) is 144 Å². The number of aromatic amines is 2. The number of anilines is 4. The molecule has 13 rings (SSSR count). The van der Waals surface area contributed by atoms with Gasteiger partial charge in [0.15, 0.2) is 0 Å². The minimum Gasteiger partial charge on any atom is -0.354 e. The molecule has 2 unspecified atom stereocenters. The smallest absolute Gasteiger partial charge is 0.238 e. The van der Waals surface area contributed by atoms with Gasteiger partial charge < -0.3 is 41.9 Å². The van der Waals surface area contributed by atoms with E-state index in [1.165, 1.54) is 0 Å². The standard InChI is InChI=1S/C58H52N12O4/c71-51-31-59-25-27-69-28-26-60-32-52(72)66-40-14-6-2-10-36(40)56-44-18-17-43(61-44)55(35-9-1-5-13-39(35)65-51)45-19-21-47(62-45)57-37-11-3-7-15-41(37)67-53(73)33-70(30-29-69)34-54(74)68-42-16-8-4-12-38(42)58(48-22-20-46(56)63-48)50-24-23-49(57)64-50/h1-24,59-62H,25-34H2,(H,65,71)(H,66,72)(H,67,73)(H,68,74). The maximum Gasteiger partial charge on any atom is 0.238 e. The van der Waals surface area contributed by atoms with Gasteiger partial charge in [-0.2, -0.15) is 0 Å². The summed E-state index contributed by atoms with van der Waals surface area (Å²) < 4.78 is 0. The number of H-pyrrole nitrogens is 2. The highest BCUT2D eigenvalue weighted by atomic mass is 16.2. The molecule has 9 heterocycles. The van der Waals surface area contributed by atoms with E-state index >= 15 is 0 Å². The molecule has 0 saturated carbocycles. The van der Waals surface area contributed by atoms with Gasteiger partial charge in [-0.25, -0.2) is 9.97 Å². The van der Waals surface area contributed by atoms with Gasteiger partial charge in [0.2, 0.25) is 23.6 Å². The molecular formula is C58H52N12O4. The van der Waals surface area contributed by atoms with Crippen molar-refractivity contribution in [2.75, 3.05) is 86.7 Å². The second-order valence-corrected chi connectivity index (χ2v) is 18.8. The van der Waals surface area contributed by atoms with Gasteiger partial charge in [-0.1, -0.05) is 72.8 Å². The summed E-state index contributed by atoms with van der Waals surface area (Å²) in [7, 11) is 0. The fraction of sp³-hybridized carbons (Fsp3) is 0.172. The van der Waals surface area contributed by atoms with Crippen LogP contribution >= 0.6 is 0 Å². The normalized spacial score (nSPS) is 18.1. The monoisotopic (exact) mass is 980 g/mol. The van der Waals surface area contributed by atoms with Crippen LogP contribution in [0.15, 0.2) is 121 Å². The summed E-state index contributed by atoms with van der Waals surface area (Å²) in [5.41, 5.74) is 13.5. The summed E-state index contributed by atoms with van der Waals surface area (Å²) in [4.78, 5) is 79.5. The molecule has 368 valence electrons. The first-order valence-electron chi connectivity index (χ1n) is 24.9. The maximum absolute atomic E-state index is 14.5. The number of hydrogen-bond donors (Lipinski definition) is 8. The molecule has 14 bridgehead atoms. The van der Waals surface area contributed by atoms with Crippen LogP contribution in [0.25, 0.3) is 90.9 Å². The fourth-order valence-electron chi connectivity index (χ4n) is 10.5. The third-order valence-electron chi connectivity index (χ3n) is 13.9. The van der Waals surface area contributed by atoms with Crippen LogP contribution in [0.4, 0.5) is 22.7 Å². The Hall–Kier alpha value is -8.80. The van der Waals surface area contributed by atoms with Crippen LogP contribution in [-0.2, 0) is 19.2 Å². The zero-order valence-electron chi connectivity index (χ0n) is 40.3. The Bertz CT molecular complexity index is 3670. The van der Waals surface area contributed by atoms with Crippen molar-refractivity contribution in [1.29, 1.82) is 0 Å². The number of carbonyl (C=O) groups is 4. The van der Waals surface area contributed by atoms with E-state index < -0.39 is 0 Å². The highest BCUT2D eigenvalue weighted by molar-refractivity contribution is 6.08. The van der Waals surface area contributed by atoms with Gasteiger partial charge in [-0.15, -0.1) is 0 Å². The maximum atomic E-state index is 14.5. The van der Waals surface area contributed by atoms with E-state index in [1.54, 1.807) is 0 Å². The minimum absolute atomic E-state index is 0.0384. The van der Waals surface area contributed by atoms with Crippen LogP contribution in [0, 0.1) is 0 Å². The number of para-hydroxylation sites is 4. The Morgan fingerprint density at radius 1 is 0.351 bits per heavy atom.